The summed E-state index contributed by atoms with van der Waals surface area (Å²) in [6, 6.07) is 11.6. The molecule has 0 saturated heterocycles. The van der Waals surface area contributed by atoms with Crippen LogP contribution in [0.2, 0.25) is 0 Å². The van der Waals surface area contributed by atoms with Crippen LogP contribution >= 0.6 is 0 Å². The lowest BCUT2D eigenvalue weighted by Crippen LogP contribution is -2.18. The number of aromatic nitrogens is 1. The molecule has 0 saturated carbocycles. The van der Waals surface area contributed by atoms with Crippen LogP contribution in [0.5, 0.6) is 5.75 Å². The summed E-state index contributed by atoms with van der Waals surface area (Å²) in [6.07, 6.45) is 4.34. The van der Waals surface area contributed by atoms with Gasteiger partial charge in [-0.3, -0.25) is 15.0 Å². The molecule has 0 radical (unpaired) electrons. The summed E-state index contributed by atoms with van der Waals surface area (Å²) in [4.78, 5) is 14.9. The number of amides is 1. The van der Waals surface area contributed by atoms with E-state index in [1.165, 1.54) is 0 Å². The van der Waals surface area contributed by atoms with E-state index >= 15 is 0 Å². The number of rotatable bonds is 6. The van der Waals surface area contributed by atoms with E-state index in [2.05, 4.69) is 4.98 Å². The Morgan fingerprint density at radius 2 is 2.00 bits per heavy atom. The second-order valence-electron chi connectivity index (χ2n) is 4.25. The Labute approximate surface area is 117 Å². The molecular weight excluding hydrogens is 256 g/mol. The van der Waals surface area contributed by atoms with Gasteiger partial charge in [-0.15, -0.1) is 0 Å². The number of hydrogen-bond acceptors (Lipinski definition) is 4. The Morgan fingerprint density at radius 3 is 2.65 bits per heavy atom. The molecule has 0 aliphatic rings. The molecular formula is C15H16N2O3. The Kier molecular flexibility index (Phi) is 5.08. The molecule has 0 bridgehead atoms. The highest BCUT2D eigenvalue weighted by molar-refractivity contribution is 5.74. The fourth-order valence-electron chi connectivity index (χ4n) is 1.76. The van der Waals surface area contributed by atoms with Crippen LogP contribution in [0.4, 0.5) is 0 Å². The molecule has 0 spiro atoms. The first-order chi connectivity index (χ1) is 9.79. The number of nitrogens with one attached hydrogen (secondary N) is 1. The zero-order chi connectivity index (χ0) is 14.2. The van der Waals surface area contributed by atoms with E-state index in [9.17, 15) is 4.79 Å². The van der Waals surface area contributed by atoms with Crippen LogP contribution in [0.15, 0.2) is 48.8 Å². The van der Waals surface area contributed by atoms with Gasteiger partial charge in [0.05, 0.1) is 6.61 Å². The van der Waals surface area contributed by atoms with E-state index in [4.69, 9.17) is 9.94 Å². The van der Waals surface area contributed by atoms with Crippen molar-refractivity contribution in [1.29, 1.82) is 0 Å². The Balaban J connectivity index is 1.85. The van der Waals surface area contributed by atoms with Gasteiger partial charge in [0, 0.05) is 18.8 Å². The van der Waals surface area contributed by atoms with E-state index in [1.807, 2.05) is 42.6 Å². The predicted octanol–water partition coefficient (Wildman–Crippen LogP) is 2.41. The molecule has 2 rings (SSSR count). The first kappa shape index (κ1) is 14.0. The maximum atomic E-state index is 10.8. The molecule has 0 atom stereocenters. The SMILES string of the molecule is O=C(CCCOc1ccc(-c2cccnc2)cc1)NO. The number of carbonyl (C=O) groups excluding carboxylic acids is 1. The van der Waals surface area contributed by atoms with Gasteiger partial charge in [0.15, 0.2) is 0 Å². The van der Waals surface area contributed by atoms with E-state index in [0.717, 1.165) is 16.9 Å². The van der Waals surface area contributed by atoms with Crippen molar-refractivity contribution in [2.24, 2.45) is 0 Å². The van der Waals surface area contributed by atoms with Gasteiger partial charge in [-0.1, -0.05) is 18.2 Å². The molecule has 1 amide bonds. The third kappa shape index (κ3) is 4.07. The summed E-state index contributed by atoms with van der Waals surface area (Å²) in [5.41, 5.74) is 3.72. The average molecular weight is 272 g/mol. The number of carbonyl (C=O) groups is 1. The van der Waals surface area contributed by atoms with Crippen LogP contribution < -0.4 is 10.2 Å². The highest BCUT2D eigenvalue weighted by atomic mass is 16.5. The summed E-state index contributed by atoms with van der Waals surface area (Å²) in [6.45, 7) is 0.430. The molecule has 0 aliphatic carbocycles. The van der Waals surface area contributed by atoms with Crippen molar-refractivity contribution in [3.8, 4) is 16.9 Å². The van der Waals surface area contributed by atoms with Crippen LogP contribution in [-0.2, 0) is 4.79 Å². The molecule has 0 aliphatic heterocycles. The van der Waals surface area contributed by atoms with Gasteiger partial charge in [0.2, 0.25) is 5.91 Å². The zero-order valence-corrected chi connectivity index (χ0v) is 11.0. The van der Waals surface area contributed by atoms with Crippen LogP contribution in [-0.4, -0.2) is 22.7 Å². The quantitative estimate of drug-likeness (QED) is 0.481. The maximum absolute atomic E-state index is 10.8. The molecule has 2 aromatic rings. The van der Waals surface area contributed by atoms with E-state index in [-0.39, 0.29) is 6.42 Å². The first-order valence-corrected chi connectivity index (χ1v) is 6.36. The molecule has 20 heavy (non-hydrogen) atoms. The number of hydroxylamine groups is 1. The molecule has 2 N–H and O–H groups in total. The maximum Gasteiger partial charge on any atom is 0.243 e. The molecule has 104 valence electrons. The normalized spacial score (nSPS) is 10.1. The monoisotopic (exact) mass is 272 g/mol. The third-order valence-corrected chi connectivity index (χ3v) is 2.79. The molecule has 1 aromatic carbocycles. The molecule has 0 unspecified atom stereocenters. The number of pyridine rings is 1. The van der Waals surface area contributed by atoms with Crippen LogP contribution in [0, 0.1) is 0 Å². The van der Waals surface area contributed by atoms with Crippen molar-refractivity contribution < 1.29 is 14.7 Å². The number of hydrogen-bond donors (Lipinski definition) is 2. The second-order valence-corrected chi connectivity index (χ2v) is 4.25. The number of ether oxygens (including phenoxy) is 1. The zero-order valence-electron chi connectivity index (χ0n) is 11.0. The Morgan fingerprint density at radius 1 is 1.20 bits per heavy atom. The van der Waals surface area contributed by atoms with Crippen molar-refractivity contribution in [3.63, 3.8) is 0 Å². The van der Waals surface area contributed by atoms with E-state index in [1.54, 1.807) is 11.7 Å². The van der Waals surface area contributed by atoms with Gasteiger partial charge in [-0.25, -0.2) is 5.48 Å². The smallest absolute Gasteiger partial charge is 0.243 e. The third-order valence-electron chi connectivity index (χ3n) is 2.79. The minimum absolute atomic E-state index is 0.240. The molecule has 1 aromatic heterocycles. The summed E-state index contributed by atoms with van der Waals surface area (Å²) < 4.78 is 5.51. The van der Waals surface area contributed by atoms with Crippen molar-refractivity contribution in [2.45, 2.75) is 12.8 Å². The Bertz CT molecular complexity index is 541. The van der Waals surface area contributed by atoms with Gasteiger partial charge in [-0.2, -0.15) is 0 Å². The van der Waals surface area contributed by atoms with Gasteiger partial charge in [-0.05, 0) is 35.7 Å². The molecule has 0 fully saturated rings. The van der Waals surface area contributed by atoms with E-state index in [0.29, 0.717) is 13.0 Å². The number of benzene rings is 1. The van der Waals surface area contributed by atoms with Gasteiger partial charge < -0.3 is 4.74 Å². The van der Waals surface area contributed by atoms with Crippen molar-refractivity contribution >= 4 is 5.91 Å². The molecule has 1 heterocycles. The fraction of sp³-hybridized carbons (Fsp3) is 0.200. The van der Waals surface area contributed by atoms with Gasteiger partial charge in [0.25, 0.3) is 0 Å². The lowest BCUT2D eigenvalue weighted by Gasteiger charge is -2.07. The first-order valence-electron chi connectivity index (χ1n) is 6.36. The van der Waals surface area contributed by atoms with Crippen molar-refractivity contribution in [1.82, 2.24) is 10.5 Å². The van der Waals surface area contributed by atoms with Crippen molar-refractivity contribution in [2.75, 3.05) is 6.61 Å². The summed E-state index contributed by atoms with van der Waals surface area (Å²) in [7, 11) is 0. The summed E-state index contributed by atoms with van der Waals surface area (Å²) >= 11 is 0. The topological polar surface area (TPSA) is 71.5 Å². The van der Waals surface area contributed by atoms with Gasteiger partial charge in [0.1, 0.15) is 5.75 Å². The highest BCUT2D eigenvalue weighted by Gasteiger charge is 2.01. The summed E-state index contributed by atoms with van der Waals surface area (Å²) in [5, 5.41) is 8.34. The van der Waals surface area contributed by atoms with Crippen molar-refractivity contribution in [3.05, 3.63) is 48.8 Å². The number of nitrogens with zero attached hydrogens (tertiary/aromatic N) is 1. The average Bonchev–Trinajstić information content (AvgIpc) is 2.52. The second kappa shape index (κ2) is 7.25. The summed E-state index contributed by atoms with van der Waals surface area (Å²) in [5.74, 6) is 0.350. The largest absolute Gasteiger partial charge is 0.494 e. The van der Waals surface area contributed by atoms with E-state index < -0.39 is 5.91 Å². The van der Waals surface area contributed by atoms with Crippen LogP contribution in [0.1, 0.15) is 12.8 Å². The van der Waals surface area contributed by atoms with Gasteiger partial charge >= 0.3 is 0 Å². The lowest BCUT2D eigenvalue weighted by molar-refractivity contribution is -0.129. The standard InChI is InChI=1S/C15H16N2O3/c18-15(17-19)4-2-10-20-14-7-5-12(6-8-14)13-3-1-9-16-11-13/h1,3,5-9,11,19H,2,4,10H2,(H,17,18). The lowest BCUT2D eigenvalue weighted by atomic mass is 10.1. The molecule has 5 nitrogen and oxygen atoms in total. The minimum atomic E-state index is -0.402. The predicted molar refractivity (Wildman–Crippen MR) is 74.3 cm³/mol. The van der Waals surface area contributed by atoms with Crippen LogP contribution in [0.3, 0.4) is 0 Å². The minimum Gasteiger partial charge on any atom is -0.494 e. The fourth-order valence-corrected chi connectivity index (χ4v) is 1.76. The highest BCUT2D eigenvalue weighted by Crippen LogP contribution is 2.21. The molecule has 5 heteroatoms. The van der Waals surface area contributed by atoms with Crippen LogP contribution in [0.25, 0.3) is 11.1 Å². The Hall–Kier alpha value is -2.40.